The van der Waals surface area contributed by atoms with Crippen LogP contribution in [0.25, 0.3) is 0 Å². The van der Waals surface area contributed by atoms with Crippen molar-refractivity contribution in [1.29, 1.82) is 0 Å². The molecule has 3 rings (SSSR count). The summed E-state index contributed by atoms with van der Waals surface area (Å²) >= 11 is 0. The Balaban J connectivity index is 1.69. The molecule has 6 nitrogen and oxygen atoms in total. The number of piperidine rings is 1. The topological polar surface area (TPSA) is 83.7 Å². The van der Waals surface area contributed by atoms with Crippen molar-refractivity contribution in [3.63, 3.8) is 0 Å². The first-order valence-corrected chi connectivity index (χ1v) is 8.64. The van der Waals surface area contributed by atoms with E-state index in [0.717, 1.165) is 12.1 Å². The number of nitrogens with two attached hydrogens (primary N) is 1. The lowest BCUT2D eigenvalue weighted by Crippen LogP contribution is -2.46. The van der Waals surface area contributed by atoms with Crippen LogP contribution in [0.5, 0.6) is 0 Å². The molecule has 2 N–H and O–H groups in total. The van der Waals surface area contributed by atoms with Gasteiger partial charge in [-0.25, -0.2) is 5.14 Å². The molecule has 21 heavy (non-hydrogen) atoms. The van der Waals surface area contributed by atoms with E-state index in [4.69, 9.17) is 5.14 Å². The van der Waals surface area contributed by atoms with Crippen LogP contribution in [-0.2, 0) is 21.4 Å². The molecule has 0 radical (unpaired) electrons. The first-order valence-electron chi connectivity index (χ1n) is 7.14. The van der Waals surface area contributed by atoms with Crippen LogP contribution >= 0.6 is 0 Å². The van der Waals surface area contributed by atoms with Gasteiger partial charge in [0.25, 0.3) is 10.2 Å². The average Bonchev–Trinajstić information content (AvgIpc) is 2.90. The Bertz CT molecular complexity index is 651. The van der Waals surface area contributed by atoms with Crippen molar-refractivity contribution in [2.45, 2.75) is 19.3 Å². The van der Waals surface area contributed by atoms with Gasteiger partial charge in [-0.15, -0.1) is 0 Å². The van der Waals surface area contributed by atoms with Gasteiger partial charge in [-0.3, -0.25) is 4.79 Å². The fourth-order valence-electron chi connectivity index (χ4n) is 3.14. The van der Waals surface area contributed by atoms with Crippen molar-refractivity contribution in [3.05, 3.63) is 29.8 Å². The Morgan fingerprint density at radius 1 is 1.14 bits per heavy atom. The third kappa shape index (κ3) is 2.81. The predicted molar refractivity (Wildman–Crippen MR) is 79.9 cm³/mol. The molecule has 0 unspecified atom stereocenters. The molecule has 2 aliphatic rings. The van der Waals surface area contributed by atoms with Crippen molar-refractivity contribution < 1.29 is 13.2 Å². The summed E-state index contributed by atoms with van der Waals surface area (Å²) < 4.78 is 23.8. The molecule has 0 spiro atoms. The van der Waals surface area contributed by atoms with E-state index in [9.17, 15) is 13.2 Å². The minimum absolute atomic E-state index is 0.106. The maximum absolute atomic E-state index is 12.6. The molecule has 0 saturated carbocycles. The van der Waals surface area contributed by atoms with E-state index < -0.39 is 10.2 Å². The first kappa shape index (κ1) is 14.5. The summed E-state index contributed by atoms with van der Waals surface area (Å²) in [4.78, 5) is 14.5. The van der Waals surface area contributed by atoms with E-state index in [1.807, 2.05) is 29.2 Å². The van der Waals surface area contributed by atoms with Crippen molar-refractivity contribution in [3.8, 4) is 0 Å². The molecule has 114 valence electrons. The van der Waals surface area contributed by atoms with Crippen LogP contribution in [0.2, 0.25) is 0 Å². The Hall–Kier alpha value is -1.44. The van der Waals surface area contributed by atoms with Gasteiger partial charge in [0.2, 0.25) is 5.91 Å². The number of benzene rings is 1. The summed E-state index contributed by atoms with van der Waals surface area (Å²) in [6.07, 6.45) is 1.96. The lowest BCUT2D eigenvalue weighted by molar-refractivity contribution is -0.123. The molecule has 0 aromatic heterocycles. The summed E-state index contributed by atoms with van der Waals surface area (Å²) in [5.74, 6) is -0.0109. The maximum atomic E-state index is 12.6. The number of hydrogen-bond donors (Lipinski definition) is 1. The van der Waals surface area contributed by atoms with Crippen molar-refractivity contribution in [1.82, 2.24) is 4.31 Å². The van der Waals surface area contributed by atoms with Gasteiger partial charge in [-0.1, -0.05) is 18.2 Å². The highest BCUT2D eigenvalue weighted by Crippen LogP contribution is 2.31. The van der Waals surface area contributed by atoms with Crippen LogP contribution in [0.1, 0.15) is 18.4 Å². The number of anilines is 1. The lowest BCUT2D eigenvalue weighted by Gasteiger charge is -2.31. The largest absolute Gasteiger partial charge is 0.312 e. The van der Waals surface area contributed by atoms with Gasteiger partial charge >= 0.3 is 0 Å². The van der Waals surface area contributed by atoms with Crippen molar-refractivity contribution >= 4 is 21.8 Å². The van der Waals surface area contributed by atoms with Crippen LogP contribution in [0.3, 0.4) is 0 Å². The molecule has 2 aliphatic heterocycles. The van der Waals surface area contributed by atoms with E-state index >= 15 is 0 Å². The van der Waals surface area contributed by atoms with Crippen LogP contribution in [-0.4, -0.2) is 38.3 Å². The van der Waals surface area contributed by atoms with Gasteiger partial charge in [-0.05, 0) is 30.9 Å². The SMILES string of the molecule is NS(=O)(=O)N1CCC(C(=O)N2CCc3ccccc32)CC1. The highest BCUT2D eigenvalue weighted by molar-refractivity contribution is 7.86. The smallest absolute Gasteiger partial charge is 0.276 e. The zero-order valence-electron chi connectivity index (χ0n) is 11.7. The van der Waals surface area contributed by atoms with Gasteiger partial charge < -0.3 is 4.90 Å². The zero-order chi connectivity index (χ0) is 15.0. The number of carbonyl (C=O) groups is 1. The molecular formula is C14H19N3O3S. The number of amides is 1. The van der Waals surface area contributed by atoms with Crippen LogP contribution in [0.15, 0.2) is 24.3 Å². The average molecular weight is 309 g/mol. The molecule has 1 fully saturated rings. The highest BCUT2D eigenvalue weighted by atomic mass is 32.2. The van der Waals surface area contributed by atoms with E-state index in [0.29, 0.717) is 32.5 Å². The number of carbonyl (C=O) groups excluding carboxylic acids is 1. The summed E-state index contributed by atoms with van der Waals surface area (Å²) in [6.45, 7) is 1.36. The summed E-state index contributed by atoms with van der Waals surface area (Å²) in [7, 11) is -3.63. The standard InChI is InChI=1S/C14H19N3O3S/c15-21(19,20)16-8-5-12(6-9-16)14(18)17-10-7-11-3-1-2-4-13(11)17/h1-4,12H,5-10H2,(H2,15,19,20). The van der Waals surface area contributed by atoms with Gasteiger partial charge in [0.15, 0.2) is 0 Å². The van der Waals surface area contributed by atoms with E-state index in [1.54, 1.807) is 0 Å². The molecule has 1 amide bonds. The number of fused-ring (bicyclic) bond motifs is 1. The second-order valence-electron chi connectivity index (χ2n) is 5.59. The molecule has 7 heteroatoms. The molecule has 0 atom stereocenters. The Labute approximate surface area is 124 Å². The molecule has 1 aromatic carbocycles. The number of hydrogen-bond acceptors (Lipinski definition) is 3. The Morgan fingerprint density at radius 3 is 2.48 bits per heavy atom. The molecule has 2 heterocycles. The van der Waals surface area contributed by atoms with E-state index in [1.165, 1.54) is 9.87 Å². The number of para-hydroxylation sites is 1. The normalized spacial score (nSPS) is 20.5. The zero-order valence-corrected chi connectivity index (χ0v) is 12.6. The number of nitrogens with zero attached hydrogens (tertiary/aromatic N) is 2. The minimum Gasteiger partial charge on any atom is -0.312 e. The Kier molecular flexibility index (Phi) is 3.73. The monoisotopic (exact) mass is 309 g/mol. The van der Waals surface area contributed by atoms with Gasteiger partial charge in [0.05, 0.1) is 0 Å². The lowest BCUT2D eigenvalue weighted by atomic mass is 9.96. The highest BCUT2D eigenvalue weighted by Gasteiger charge is 2.34. The quantitative estimate of drug-likeness (QED) is 0.863. The third-order valence-electron chi connectivity index (χ3n) is 4.32. The van der Waals surface area contributed by atoms with Crippen LogP contribution in [0, 0.1) is 5.92 Å². The summed E-state index contributed by atoms with van der Waals surface area (Å²) in [5, 5.41) is 5.12. The fourth-order valence-corrected chi connectivity index (χ4v) is 3.86. The molecule has 0 bridgehead atoms. The molecule has 1 aromatic rings. The Morgan fingerprint density at radius 2 is 1.81 bits per heavy atom. The van der Waals surface area contributed by atoms with Gasteiger partial charge in [0.1, 0.15) is 0 Å². The fraction of sp³-hybridized carbons (Fsp3) is 0.500. The second-order valence-corrected chi connectivity index (χ2v) is 7.13. The molecular weight excluding hydrogens is 290 g/mol. The summed E-state index contributed by atoms with van der Waals surface area (Å²) in [5.41, 5.74) is 2.20. The minimum atomic E-state index is -3.63. The van der Waals surface area contributed by atoms with Crippen LogP contribution < -0.4 is 10.0 Å². The van der Waals surface area contributed by atoms with E-state index in [-0.39, 0.29) is 11.8 Å². The number of rotatable bonds is 2. The van der Waals surface area contributed by atoms with Crippen molar-refractivity contribution in [2.24, 2.45) is 11.1 Å². The summed E-state index contributed by atoms with van der Waals surface area (Å²) in [6, 6.07) is 7.94. The van der Waals surface area contributed by atoms with Gasteiger partial charge in [-0.2, -0.15) is 12.7 Å². The third-order valence-corrected chi connectivity index (χ3v) is 5.40. The second kappa shape index (κ2) is 5.40. The van der Waals surface area contributed by atoms with Gasteiger partial charge in [0, 0.05) is 31.2 Å². The molecule has 0 aliphatic carbocycles. The predicted octanol–water partition coefficient (Wildman–Crippen LogP) is 0.491. The van der Waals surface area contributed by atoms with E-state index in [2.05, 4.69) is 0 Å². The molecule has 1 saturated heterocycles. The maximum Gasteiger partial charge on any atom is 0.276 e. The van der Waals surface area contributed by atoms with Crippen molar-refractivity contribution in [2.75, 3.05) is 24.5 Å². The van der Waals surface area contributed by atoms with Crippen LogP contribution in [0.4, 0.5) is 5.69 Å². The first-order chi connectivity index (χ1) is 9.97.